The first kappa shape index (κ1) is 13.6. The zero-order chi connectivity index (χ0) is 14.7. The van der Waals surface area contributed by atoms with Crippen LogP contribution < -0.4 is 10.6 Å². The van der Waals surface area contributed by atoms with Gasteiger partial charge in [-0.25, -0.2) is 4.39 Å². The van der Waals surface area contributed by atoms with Crippen molar-refractivity contribution in [2.75, 3.05) is 11.9 Å². The minimum absolute atomic E-state index is 0.104. The summed E-state index contributed by atoms with van der Waals surface area (Å²) in [5.41, 5.74) is 3.86. The van der Waals surface area contributed by atoms with E-state index in [9.17, 15) is 9.18 Å². The molecule has 0 unspecified atom stereocenters. The standard InChI is InChI=1S/C17H17FN2O/c18-15-6-3-12(4-7-15)11-20-17(21)14-5-8-16-13(10-14)2-1-9-19-16/h3-8,10,19H,1-2,9,11H2,(H,20,21). The van der Waals surface area contributed by atoms with Crippen molar-refractivity contribution in [2.24, 2.45) is 0 Å². The van der Waals surface area contributed by atoms with Gasteiger partial charge in [-0.2, -0.15) is 0 Å². The monoisotopic (exact) mass is 284 g/mol. The normalized spacial score (nSPS) is 13.2. The van der Waals surface area contributed by atoms with E-state index in [-0.39, 0.29) is 11.7 Å². The Bertz CT molecular complexity index is 652. The number of halogens is 1. The summed E-state index contributed by atoms with van der Waals surface area (Å²) in [6.07, 6.45) is 2.09. The molecule has 2 N–H and O–H groups in total. The second kappa shape index (κ2) is 5.95. The Hall–Kier alpha value is -2.36. The molecule has 0 aromatic heterocycles. The van der Waals surface area contributed by atoms with Gasteiger partial charge in [0.2, 0.25) is 0 Å². The number of nitrogens with one attached hydrogen (secondary N) is 2. The molecule has 1 amide bonds. The highest BCUT2D eigenvalue weighted by Gasteiger charge is 2.12. The largest absolute Gasteiger partial charge is 0.385 e. The van der Waals surface area contributed by atoms with E-state index in [1.54, 1.807) is 12.1 Å². The Balaban J connectivity index is 1.66. The molecule has 1 aliphatic rings. The van der Waals surface area contributed by atoms with Gasteiger partial charge >= 0.3 is 0 Å². The van der Waals surface area contributed by atoms with E-state index in [1.165, 1.54) is 17.7 Å². The molecule has 0 atom stereocenters. The molecule has 0 aliphatic carbocycles. The molecule has 0 fully saturated rings. The third-order valence-electron chi connectivity index (χ3n) is 3.67. The third-order valence-corrected chi connectivity index (χ3v) is 3.67. The number of fused-ring (bicyclic) bond motifs is 1. The van der Waals surface area contributed by atoms with Crippen molar-refractivity contribution in [1.29, 1.82) is 0 Å². The molecule has 2 aromatic rings. The lowest BCUT2D eigenvalue weighted by atomic mass is 10.0. The van der Waals surface area contributed by atoms with Crippen LogP contribution in [0.1, 0.15) is 27.9 Å². The maximum absolute atomic E-state index is 12.8. The SMILES string of the molecule is O=C(NCc1ccc(F)cc1)c1ccc2c(c1)CCCN2. The highest BCUT2D eigenvalue weighted by molar-refractivity contribution is 5.94. The Morgan fingerprint density at radius 2 is 2.00 bits per heavy atom. The lowest BCUT2D eigenvalue weighted by Gasteiger charge is -2.18. The molecule has 4 heteroatoms. The van der Waals surface area contributed by atoms with Gasteiger partial charge in [0.05, 0.1) is 0 Å². The van der Waals surface area contributed by atoms with Gasteiger partial charge in [0.15, 0.2) is 0 Å². The van der Waals surface area contributed by atoms with Crippen LogP contribution in [0.5, 0.6) is 0 Å². The molecular formula is C17H17FN2O. The van der Waals surface area contributed by atoms with Gasteiger partial charge in [0, 0.05) is 24.3 Å². The van der Waals surface area contributed by atoms with Crippen molar-refractivity contribution in [2.45, 2.75) is 19.4 Å². The van der Waals surface area contributed by atoms with Crippen molar-refractivity contribution in [3.63, 3.8) is 0 Å². The molecule has 1 aliphatic heterocycles. The summed E-state index contributed by atoms with van der Waals surface area (Å²) >= 11 is 0. The topological polar surface area (TPSA) is 41.1 Å². The summed E-state index contributed by atoms with van der Waals surface area (Å²) in [6, 6.07) is 11.9. The second-order valence-electron chi connectivity index (χ2n) is 5.21. The zero-order valence-electron chi connectivity index (χ0n) is 11.7. The molecule has 0 spiro atoms. The number of hydrogen-bond donors (Lipinski definition) is 2. The van der Waals surface area contributed by atoms with Gasteiger partial charge in [-0.1, -0.05) is 12.1 Å². The minimum Gasteiger partial charge on any atom is -0.385 e. The predicted octanol–water partition coefficient (Wildman–Crippen LogP) is 3.11. The molecule has 0 radical (unpaired) electrons. The lowest BCUT2D eigenvalue weighted by Crippen LogP contribution is -2.23. The van der Waals surface area contributed by atoms with Crippen molar-refractivity contribution in [1.82, 2.24) is 5.32 Å². The van der Waals surface area contributed by atoms with Crippen LogP contribution >= 0.6 is 0 Å². The van der Waals surface area contributed by atoms with Gasteiger partial charge in [0.1, 0.15) is 5.82 Å². The quantitative estimate of drug-likeness (QED) is 0.909. The summed E-state index contributed by atoms with van der Waals surface area (Å²) in [5, 5.41) is 6.18. The molecule has 21 heavy (non-hydrogen) atoms. The summed E-state index contributed by atoms with van der Waals surface area (Å²) in [4.78, 5) is 12.2. The third kappa shape index (κ3) is 3.21. The van der Waals surface area contributed by atoms with Crippen molar-refractivity contribution >= 4 is 11.6 Å². The zero-order valence-corrected chi connectivity index (χ0v) is 11.7. The molecule has 2 aromatic carbocycles. The molecule has 1 heterocycles. The Morgan fingerprint density at radius 3 is 2.81 bits per heavy atom. The molecule has 3 nitrogen and oxygen atoms in total. The van der Waals surface area contributed by atoms with Gasteiger partial charge < -0.3 is 10.6 Å². The number of carbonyl (C=O) groups excluding carboxylic acids is 1. The van der Waals surface area contributed by atoms with Crippen LogP contribution in [0.3, 0.4) is 0 Å². The molecule has 0 bridgehead atoms. The Labute approximate surface area is 123 Å². The maximum atomic E-state index is 12.8. The van der Waals surface area contributed by atoms with E-state index in [0.29, 0.717) is 12.1 Å². The van der Waals surface area contributed by atoms with Crippen LogP contribution in [0.15, 0.2) is 42.5 Å². The molecule has 108 valence electrons. The van der Waals surface area contributed by atoms with Crippen molar-refractivity contribution in [3.8, 4) is 0 Å². The van der Waals surface area contributed by atoms with E-state index >= 15 is 0 Å². The second-order valence-corrected chi connectivity index (χ2v) is 5.21. The number of rotatable bonds is 3. The lowest BCUT2D eigenvalue weighted by molar-refractivity contribution is 0.0951. The van der Waals surface area contributed by atoms with Crippen LogP contribution in [-0.2, 0) is 13.0 Å². The summed E-state index contributed by atoms with van der Waals surface area (Å²) in [6.45, 7) is 1.39. The predicted molar refractivity (Wildman–Crippen MR) is 80.8 cm³/mol. The molecule has 0 saturated carbocycles. The average Bonchev–Trinajstić information content (AvgIpc) is 2.53. The van der Waals surface area contributed by atoms with Gasteiger partial charge in [0.25, 0.3) is 5.91 Å². The van der Waals surface area contributed by atoms with E-state index < -0.39 is 0 Å². The first-order valence-electron chi connectivity index (χ1n) is 7.12. The molecule has 0 saturated heterocycles. The fourth-order valence-corrected chi connectivity index (χ4v) is 2.50. The summed E-state index contributed by atoms with van der Waals surface area (Å²) < 4.78 is 12.8. The van der Waals surface area contributed by atoms with Crippen molar-refractivity contribution in [3.05, 3.63) is 65.0 Å². The summed E-state index contributed by atoms with van der Waals surface area (Å²) in [7, 11) is 0. The highest BCUT2D eigenvalue weighted by Crippen LogP contribution is 2.22. The number of amides is 1. The van der Waals surface area contributed by atoms with Crippen LogP contribution in [0, 0.1) is 5.82 Å². The Morgan fingerprint density at radius 1 is 1.19 bits per heavy atom. The molecule has 3 rings (SSSR count). The number of carbonyl (C=O) groups is 1. The van der Waals surface area contributed by atoms with Crippen LogP contribution in [-0.4, -0.2) is 12.5 Å². The number of aryl methyl sites for hydroxylation is 1. The smallest absolute Gasteiger partial charge is 0.251 e. The molecular weight excluding hydrogens is 267 g/mol. The van der Waals surface area contributed by atoms with E-state index in [2.05, 4.69) is 10.6 Å². The van der Waals surface area contributed by atoms with Crippen LogP contribution in [0.4, 0.5) is 10.1 Å². The first-order valence-corrected chi connectivity index (χ1v) is 7.12. The Kier molecular flexibility index (Phi) is 3.86. The van der Waals surface area contributed by atoms with E-state index in [1.807, 2.05) is 18.2 Å². The van der Waals surface area contributed by atoms with Gasteiger partial charge in [-0.3, -0.25) is 4.79 Å². The first-order chi connectivity index (χ1) is 10.2. The van der Waals surface area contributed by atoms with Crippen molar-refractivity contribution < 1.29 is 9.18 Å². The van der Waals surface area contributed by atoms with E-state index in [0.717, 1.165) is 30.6 Å². The van der Waals surface area contributed by atoms with Gasteiger partial charge in [-0.15, -0.1) is 0 Å². The summed E-state index contributed by atoms with van der Waals surface area (Å²) in [5.74, 6) is -0.375. The number of hydrogen-bond acceptors (Lipinski definition) is 2. The van der Waals surface area contributed by atoms with Gasteiger partial charge in [-0.05, 0) is 54.3 Å². The number of anilines is 1. The fraction of sp³-hybridized carbons (Fsp3) is 0.235. The van der Waals surface area contributed by atoms with E-state index in [4.69, 9.17) is 0 Å². The van der Waals surface area contributed by atoms with Crippen LogP contribution in [0.25, 0.3) is 0 Å². The fourth-order valence-electron chi connectivity index (χ4n) is 2.50. The number of benzene rings is 2. The highest BCUT2D eigenvalue weighted by atomic mass is 19.1. The van der Waals surface area contributed by atoms with Crippen LogP contribution in [0.2, 0.25) is 0 Å². The maximum Gasteiger partial charge on any atom is 0.251 e. The average molecular weight is 284 g/mol. The minimum atomic E-state index is -0.271.